The van der Waals surface area contributed by atoms with E-state index in [4.69, 9.17) is 16.3 Å². The fourth-order valence-electron chi connectivity index (χ4n) is 4.76. The number of ether oxygens (including phenoxy) is 1. The van der Waals surface area contributed by atoms with Gasteiger partial charge in [-0.15, -0.1) is 12.4 Å². The van der Waals surface area contributed by atoms with Crippen LogP contribution in [0.2, 0.25) is 5.02 Å². The van der Waals surface area contributed by atoms with E-state index >= 15 is 0 Å². The molecule has 41 heavy (non-hydrogen) atoms. The minimum absolute atomic E-state index is 0. The summed E-state index contributed by atoms with van der Waals surface area (Å²) in [4.78, 5) is 17.6. The molecule has 2 N–H and O–H groups in total. The summed E-state index contributed by atoms with van der Waals surface area (Å²) < 4.78 is 31.1. The van der Waals surface area contributed by atoms with Crippen LogP contribution >= 0.6 is 24.0 Å². The molecule has 1 heterocycles. The third kappa shape index (κ3) is 10.4. The average molecular weight is 622 g/mol. The van der Waals surface area contributed by atoms with Gasteiger partial charge in [0.1, 0.15) is 11.5 Å². The largest absolute Gasteiger partial charge is 0.457 e. The number of nitrogens with one attached hydrogen (secondary N) is 2. The number of benzene rings is 3. The number of piperidine rings is 1. The van der Waals surface area contributed by atoms with Crippen LogP contribution in [0.25, 0.3) is 0 Å². The van der Waals surface area contributed by atoms with Crippen LogP contribution < -0.4 is 14.8 Å². The molecule has 2 amide bonds. The lowest BCUT2D eigenvalue weighted by Crippen LogP contribution is -2.49. The second-order valence-corrected chi connectivity index (χ2v) is 12.3. The van der Waals surface area contributed by atoms with Gasteiger partial charge in [0.15, 0.2) is 0 Å². The van der Waals surface area contributed by atoms with E-state index in [1.165, 1.54) is 5.56 Å². The highest BCUT2D eigenvalue weighted by atomic mass is 35.5. The summed E-state index contributed by atoms with van der Waals surface area (Å²) in [5.41, 5.74) is 2.44. The third-order valence-corrected chi connectivity index (χ3v) is 7.69. The molecular formula is C30H38Cl2N4O4S. The van der Waals surface area contributed by atoms with E-state index in [1.54, 1.807) is 36.4 Å². The Balaban J connectivity index is 0.00000462. The minimum Gasteiger partial charge on any atom is -0.457 e. The fraction of sp³-hybridized carbons (Fsp3) is 0.367. The number of halogens is 2. The number of sulfonamides is 1. The van der Waals surface area contributed by atoms with E-state index < -0.39 is 10.0 Å². The molecule has 3 aromatic rings. The van der Waals surface area contributed by atoms with Gasteiger partial charge in [0.25, 0.3) is 0 Å². The number of anilines is 2. The van der Waals surface area contributed by atoms with Crippen molar-refractivity contribution in [3.63, 3.8) is 0 Å². The Morgan fingerprint density at radius 3 is 2.07 bits per heavy atom. The van der Waals surface area contributed by atoms with Gasteiger partial charge in [-0.25, -0.2) is 13.2 Å². The van der Waals surface area contributed by atoms with Gasteiger partial charge < -0.3 is 15.0 Å². The Morgan fingerprint density at radius 1 is 0.951 bits per heavy atom. The van der Waals surface area contributed by atoms with Crippen LogP contribution in [-0.2, 0) is 16.6 Å². The molecule has 1 fully saturated rings. The summed E-state index contributed by atoms with van der Waals surface area (Å²) in [7, 11) is -3.31. The first-order chi connectivity index (χ1) is 19.2. The standard InChI is InChI=1S/C30H37ClN4O4S.ClH/c1-3-4-19-35(30(36)32-25-9-7-24(31)8-10-25)27-17-20-34(21-18-27)22-23-5-13-28(14-6-23)39-29-15-11-26(12-16-29)33-40(2,37)38;/h5-16,27,33H,3-4,17-22H2,1-2H3,(H,32,36);1H. The topological polar surface area (TPSA) is 91.0 Å². The van der Waals surface area contributed by atoms with Crippen molar-refractivity contribution in [2.75, 3.05) is 35.9 Å². The van der Waals surface area contributed by atoms with Crippen LogP contribution in [0, 0.1) is 0 Å². The number of likely N-dealkylation sites (tertiary alicyclic amines) is 1. The third-order valence-electron chi connectivity index (χ3n) is 6.83. The molecule has 3 aromatic carbocycles. The average Bonchev–Trinajstić information content (AvgIpc) is 2.92. The first-order valence-electron chi connectivity index (χ1n) is 13.6. The van der Waals surface area contributed by atoms with Crippen molar-refractivity contribution in [3.05, 3.63) is 83.4 Å². The van der Waals surface area contributed by atoms with E-state index in [0.717, 1.165) is 63.8 Å². The number of amides is 2. The summed E-state index contributed by atoms with van der Waals surface area (Å²) in [5.74, 6) is 1.34. The van der Waals surface area contributed by atoms with Crippen molar-refractivity contribution in [2.45, 2.75) is 45.2 Å². The highest BCUT2D eigenvalue weighted by molar-refractivity contribution is 7.92. The predicted molar refractivity (Wildman–Crippen MR) is 169 cm³/mol. The van der Waals surface area contributed by atoms with Gasteiger partial charge in [-0.2, -0.15) is 0 Å². The van der Waals surface area contributed by atoms with Crippen molar-refractivity contribution >= 4 is 51.4 Å². The van der Waals surface area contributed by atoms with Gasteiger partial charge in [0, 0.05) is 48.6 Å². The number of hydrogen-bond acceptors (Lipinski definition) is 5. The van der Waals surface area contributed by atoms with Gasteiger partial charge in [-0.3, -0.25) is 9.62 Å². The van der Waals surface area contributed by atoms with E-state index in [9.17, 15) is 13.2 Å². The van der Waals surface area contributed by atoms with Gasteiger partial charge in [0.2, 0.25) is 10.0 Å². The first-order valence-corrected chi connectivity index (χ1v) is 15.9. The molecule has 4 rings (SSSR count). The van der Waals surface area contributed by atoms with E-state index in [0.29, 0.717) is 22.2 Å². The maximum atomic E-state index is 13.1. The summed E-state index contributed by atoms with van der Waals surface area (Å²) >= 11 is 5.98. The van der Waals surface area contributed by atoms with Crippen molar-refractivity contribution in [1.29, 1.82) is 0 Å². The van der Waals surface area contributed by atoms with Crippen molar-refractivity contribution < 1.29 is 17.9 Å². The highest BCUT2D eigenvalue weighted by Gasteiger charge is 2.27. The number of carbonyl (C=O) groups excluding carboxylic acids is 1. The van der Waals surface area contributed by atoms with E-state index in [-0.39, 0.29) is 24.5 Å². The van der Waals surface area contributed by atoms with Crippen LogP contribution in [-0.4, -0.2) is 56.2 Å². The zero-order chi connectivity index (χ0) is 28.5. The smallest absolute Gasteiger partial charge is 0.322 e. The summed E-state index contributed by atoms with van der Waals surface area (Å²) in [6, 6.07) is 22.2. The van der Waals surface area contributed by atoms with E-state index in [2.05, 4.69) is 34.0 Å². The molecule has 0 spiro atoms. The lowest BCUT2D eigenvalue weighted by atomic mass is 10.0. The lowest BCUT2D eigenvalue weighted by molar-refractivity contribution is 0.122. The second-order valence-electron chi connectivity index (χ2n) is 10.1. The van der Waals surface area contributed by atoms with Crippen LogP contribution in [0.5, 0.6) is 11.5 Å². The van der Waals surface area contributed by atoms with Gasteiger partial charge in [0.05, 0.1) is 6.26 Å². The SMILES string of the molecule is CCCCN(C(=O)Nc1ccc(Cl)cc1)C1CCN(Cc2ccc(Oc3ccc(NS(C)(=O)=O)cc3)cc2)CC1.Cl. The zero-order valence-electron chi connectivity index (χ0n) is 23.4. The lowest BCUT2D eigenvalue weighted by Gasteiger charge is -2.38. The highest BCUT2D eigenvalue weighted by Crippen LogP contribution is 2.25. The second kappa shape index (κ2) is 15.3. The fourth-order valence-corrected chi connectivity index (χ4v) is 5.45. The molecule has 0 radical (unpaired) electrons. The molecule has 0 unspecified atom stereocenters. The van der Waals surface area contributed by atoms with Gasteiger partial charge in [-0.1, -0.05) is 37.1 Å². The molecule has 1 aliphatic rings. The Hall–Kier alpha value is -2.98. The number of nitrogens with zero attached hydrogens (tertiary/aromatic N) is 2. The van der Waals surface area contributed by atoms with Gasteiger partial charge >= 0.3 is 6.03 Å². The van der Waals surface area contributed by atoms with Crippen molar-refractivity contribution in [2.24, 2.45) is 0 Å². The van der Waals surface area contributed by atoms with Crippen molar-refractivity contribution in [3.8, 4) is 11.5 Å². The molecule has 8 nitrogen and oxygen atoms in total. The minimum atomic E-state index is -3.31. The van der Waals surface area contributed by atoms with Gasteiger partial charge in [-0.05, 0) is 85.5 Å². The number of unbranched alkanes of at least 4 members (excludes halogenated alkanes) is 1. The summed E-state index contributed by atoms with van der Waals surface area (Å²) in [6.07, 6.45) is 5.00. The summed E-state index contributed by atoms with van der Waals surface area (Å²) in [5, 5.41) is 3.68. The van der Waals surface area contributed by atoms with Crippen LogP contribution in [0.15, 0.2) is 72.8 Å². The number of urea groups is 1. The number of rotatable bonds is 11. The molecule has 0 saturated carbocycles. The molecule has 222 valence electrons. The maximum Gasteiger partial charge on any atom is 0.322 e. The molecule has 0 aromatic heterocycles. The van der Waals surface area contributed by atoms with Crippen LogP contribution in [0.4, 0.5) is 16.2 Å². The summed E-state index contributed by atoms with van der Waals surface area (Å²) in [6.45, 7) is 5.58. The van der Waals surface area contributed by atoms with Crippen LogP contribution in [0.3, 0.4) is 0 Å². The van der Waals surface area contributed by atoms with Crippen LogP contribution in [0.1, 0.15) is 38.2 Å². The molecule has 0 atom stereocenters. The molecule has 1 saturated heterocycles. The molecule has 11 heteroatoms. The van der Waals surface area contributed by atoms with Crippen molar-refractivity contribution in [1.82, 2.24) is 9.80 Å². The molecule has 0 aliphatic carbocycles. The molecular weight excluding hydrogens is 583 g/mol. The Kier molecular flexibility index (Phi) is 12.1. The normalized spacial score (nSPS) is 14.1. The quantitative estimate of drug-likeness (QED) is 0.236. The Labute approximate surface area is 254 Å². The number of hydrogen-bond donors (Lipinski definition) is 2. The molecule has 0 bridgehead atoms. The molecule has 1 aliphatic heterocycles. The Morgan fingerprint density at radius 2 is 1.51 bits per heavy atom. The Bertz CT molecular complexity index is 1350. The maximum absolute atomic E-state index is 13.1. The number of carbonyl (C=O) groups is 1. The monoisotopic (exact) mass is 620 g/mol. The predicted octanol–water partition coefficient (Wildman–Crippen LogP) is 7.22. The zero-order valence-corrected chi connectivity index (χ0v) is 25.8. The first kappa shape index (κ1) is 32.5. The van der Waals surface area contributed by atoms with E-state index in [1.807, 2.05) is 29.2 Å².